The van der Waals surface area contributed by atoms with E-state index < -0.39 is 0 Å². The summed E-state index contributed by atoms with van der Waals surface area (Å²) >= 11 is 1.66. The Balaban J connectivity index is 1.74. The maximum atomic E-state index is 12.7. The minimum Gasteiger partial charge on any atom is -0.355 e. The molecule has 0 saturated carbocycles. The van der Waals surface area contributed by atoms with Crippen LogP contribution in [0.1, 0.15) is 48.7 Å². The van der Waals surface area contributed by atoms with Crippen molar-refractivity contribution in [2.75, 3.05) is 26.7 Å². The third kappa shape index (κ3) is 3.60. The van der Waals surface area contributed by atoms with Gasteiger partial charge in [-0.1, -0.05) is 18.7 Å². The number of carbonyl (C=O) groups excluding carboxylic acids is 1. The Morgan fingerprint density at radius 3 is 2.85 bits per heavy atom. The molecular weight excluding hydrogens is 358 g/mol. The minimum absolute atomic E-state index is 0.0452. The molecule has 3 heterocycles. The number of hydrogen-bond donors (Lipinski definition) is 1. The Hall–Kier alpha value is -2.28. The van der Waals surface area contributed by atoms with Gasteiger partial charge in [-0.15, -0.1) is 0 Å². The molecule has 1 N–H and O–H groups in total. The molecule has 1 fully saturated rings. The van der Waals surface area contributed by atoms with Gasteiger partial charge in [-0.2, -0.15) is 5.10 Å². The number of piperidine rings is 1. The zero-order chi connectivity index (χ0) is 18.8. The van der Waals surface area contributed by atoms with E-state index in [1.165, 1.54) is 19.3 Å². The monoisotopic (exact) mass is 383 g/mol. The molecule has 1 saturated heterocycles. The van der Waals surface area contributed by atoms with Gasteiger partial charge in [-0.3, -0.25) is 9.89 Å². The number of aromatic nitrogens is 2. The SMILES string of the molecule is CCCN(C)C(=O)c1ccc2c(c1)N=C(N1CCCCC1)c1[nH]ncc1S2. The highest BCUT2D eigenvalue weighted by atomic mass is 32.2. The van der Waals surface area contributed by atoms with E-state index in [1.807, 2.05) is 31.4 Å². The third-order valence-corrected chi connectivity index (χ3v) is 6.14. The quantitative estimate of drug-likeness (QED) is 0.872. The minimum atomic E-state index is 0.0452. The number of amides is 1. The maximum Gasteiger partial charge on any atom is 0.253 e. The van der Waals surface area contributed by atoms with Crippen LogP contribution in [0.4, 0.5) is 5.69 Å². The predicted molar refractivity (Wildman–Crippen MR) is 108 cm³/mol. The molecule has 4 rings (SSSR count). The topological polar surface area (TPSA) is 64.6 Å². The van der Waals surface area contributed by atoms with Crippen molar-refractivity contribution in [2.45, 2.75) is 42.4 Å². The molecule has 1 aromatic heterocycles. The zero-order valence-electron chi connectivity index (χ0n) is 15.9. The van der Waals surface area contributed by atoms with Crippen molar-refractivity contribution in [1.29, 1.82) is 0 Å². The Morgan fingerprint density at radius 1 is 1.26 bits per heavy atom. The Labute approximate surface area is 164 Å². The average Bonchev–Trinajstić information content (AvgIpc) is 3.09. The lowest BCUT2D eigenvalue weighted by atomic mass is 10.1. The van der Waals surface area contributed by atoms with E-state index in [2.05, 4.69) is 22.0 Å². The van der Waals surface area contributed by atoms with Crippen LogP contribution in [0, 0.1) is 0 Å². The first-order chi connectivity index (χ1) is 13.2. The van der Waals surface area contributed by atoms with Gasteiger partial charge < -0.3 is 9.80 Å². The first-order valence-electron chi connectivity index (χ1n) is 9.62. The van der Waals surface area contributed by atoms with E-state index in [0.29, 0.717) is 5.56 Å². The molecule has 1 aromatic carbocycles. The predicted octanol–water partition coefficient (Wildman–Crippen LogP) is 3.92. The van der Waals surface area contributed by atoms with E-state index in [4.69, 9.17) is 4.99 Å². The molecule has 6 nitrogen and oxygen atoms in total. The van der Waals surface area contributed by atoms with Gasteiger partial charge in [0.2, 0.25) is 0 Å². The summed E-state index contributed by atoms with van der Waals surface area (Å²) in [5.41, 5.74) is 2.53. The highest BCUT2D eigenvalue weighted by Gasteiger charge is 2.25. The highest BCUT2D eigenvalue weighted by Crippen LogP contribution is 2.40. The zero-order valence-corrected chi connectivity index (χ0v) is 16.7. The fraction of sp³-hybridized carbons (Fsp3) is 0.450. The Bertz CT molecular complexity index is 869. The molecule has 0 aliphatic carbocycles. The van der Waals surface area contributed by atoms with Gasteiger partial charge in [0, 0.05) is 37.1 Å². The number of nitrogens with zero attached hydrogens (tertiary/aromatic N) is 4. The molecule has 2 aromatic rings. The molecule has 7 heteroatoms. The molecule has 1 amide bonds. The Morgan fingerprint density at radius 2 is 2.07 bits per heavy atom. The lowest BCUT2D eigenvalue weighted by Crippen LogP contribution is -2.36. The second kappa shape index (κ2) is 7.76. The van der Waals surface area contributed by atoms with Crippen LogP contribution in [0.3, 0.4) is 0 Å². The molecule has 2 aliphatic rings. The van der Waals surface area contributed by atoms with Crippen LogP contribution >= 0.6 is 11.8 Å². The van der Waals surface area contributed by atoms with Gasteiger partial charge in [-0.05, 0) is 43.9 Å². The normalized spacial score (nSPS) is 16.2. The van der Waals surface area contributed by atoms with E-state index in [0.717, 1.165) is 53.1 Å². The second-order valence-electron chi connectivity index (χ2n) is 7.10. The first-order valence-corrected chi connectivity index (χ1v) is 10.4. The molecule has 0 atom stereocenters. The number of H-pyrrole nitrogens is 1. The van der Waals surface area contributed by atoms with Crippen LogP contribution in [-0.4, -0.2) is 58.4 Å². The van der Waals surface area contributed by atoms with Crippen LogP contribution in [0.5, 0.6) is 0 Å². The lowest BCUT2D eigenvalue weighted by molar-refractivity contribution is 0.0795. The van der Waals surface area contributed by atoms with E-state index in [-0.39, 0.29) is 5.91 Å². The number of fused-ring (bicyclic) bond motifs is 2. The van der Waals surface area contributed by atoms with Crippen LogP contribution in [-0.2, 0) is 0 Å². The van der Waals surface area contributed by atoms with E-state index in [9.17, 15) is 4.79 Å². The molecule has 0 unspecified atom stereocenters. The molecule has 0 radical (unpaired) electrons. The van der Waals surface area contributed by atoms with Gasteiger partial charge in [-0.25, -0.2) is 4.99 Å². The molecule has 142 valence electrons. The number of likely N-dealkylation sites (tertiary alicyclic amines) is 1. The van der Waals surface area contributed by atoms with Crippen LogP contribution in [0.25, 0.3) is 0 Å². The number of aromatic amines is 1. The van der Waals surface area contributed by atoms with Gasteiger partial charge in [0.15, 0.2) is 5.84 Å². The standard InChI is InChI=1S/C20H25N5OS/c1-3-9-24(2)20(26)14-7-8-16-15(12-14)22-19(25-10-5-4-6-11-25)18-17(27-16)13-21-23-18/h7-8,12-13H,3-6,9-11H2,1-2H3,(H,21,23). The van der Waals surface area contributed by atoms with Gasteiger partial charge >= 0.3 is 0 Å². The van der Waals surface area contributed by atoms with Crippen molar-refractivity contribution < 1.29 is 4.79 Å². The summed E-state index contributed by atoms with van der Waals surface area (Å²) in [4.78, 5) is 24.0. The number of amidine groups is 1. The summed E-state index contributed by atoms with van der Waals surface area (Å²) < 4.78 is 0. The van der Waals surface area contributed by atoms with E-state index >= 15 is 0 Å². The smallest absolute Gasteiger partial charge is 0.253 e. The molecular formula is C20H25N5OS. The number of rotatable bonds is 3. The van der Waals surface area contributed by atoms with Crippen LogP contribution < -0.4 is 0 Å². The summed E-state index contributed by atoms with van der Waals surface area (Å²) in [6.07, 6.45) is 6.45. The first kappa shape index (κ1) is 18.1. The van der Waals surface area contributed by atoms with Crippen LogP contribution in [0.2, 0.25) is 0 Å². The second-order valence-corrected chi connectivity index (χ2v) is 8.19. The number of nitrogens with one attached hydrogen (secondary N) is 1. The Kier molecular flexibility index (Phi) is 5.20. The number of carbonyl (C=O) groups is 1. The summed E-state index contributed by atoms with van der Waals surface area (Å²) in [6, 6.07) is 5.84. The number of aliphatic imine (C=N–C) groups is 1. The van der Waals surface area contributed by atoms with Crippen LogP contribution in [0.15, 0.2) is 39.2 Å². The third-order valence-electron chi connectivity index (χ3n) is 5.04. The highest BCUT2D eigenvalue weighted by molar-refractivity contribution is 7.99. The summed E-state index contributed by atoms with van der Waals surface area (Å²) in [7, 11) is 1.85. The molecule has 0 bridgehead atoms. The molecule has 0 spiro atoms. The summed E-state index contributed by atoms with van der Waals surface area (Å²) in [6.45, 7) is 4.85. The fourth-order valence-corrected chi connectivity index (χ4v) is 4.54. The molecule has 2 aliphatic heterocycles. The largest absolute Gasteiger partial charge is 0.355 e. The van der Waals surface area contributed by atoms with Crippen molar-refractivity contribution in [2.24, 2.45) is 4.99 Å². The van der Waals surface area contributed by atoms with Crippen molar-refractivity contribution in [3.05, 3.63) is 35.7 Å². The number of benzene rings is 1. The van der Waals surface area contributed by atoms with Gasteiger partial charge in [0.05, 0.1) is 16.8 Å². The van der Waals surface area contributed by atoms with Gasteiger partial charge in [0.1, 0.15) is 5.69 Å². The number of hydrogen-bond acceptors (Lipinski definition) is 5. The van der Waals surface area contributed by atoms with Crippen molar-refractivity contribution >= 4 is 29.2 Å². The maximum absolute atomic E-state index is 12.7. The molecule has 27 heavy (non-hydrogen) atoms. The fourth-order valence-electron chi connectivity index (χ4n) is 3.62. The summed E-state index contributed by atoms with van der Waals surface area (Å²) in [5, 5.41) is 7.37. The van der Waals surface area contributed by atoms with Crippen molar-refractivity contribution in [3.63, 3.8) is 0 Å². The average molecular weight is 384 g/mol. The van der Waals surface area contributed by atoms with Crippen molar-refractivity contribution in [1.82, 2.24) is 20.0 Å². The lowest BCUT2D eigenvalue weighted by Gasteiger charge is -2.29. The summed E-state index contributed by atoms with van der Waals surface area (Å²) in [5.74, 6) is 0.990. The van der Waals surface area contributed by atoms with Gasteiger partial charge in [0.25, 0.3) is 5.91 Å². The van der Waals surface area contributed by atoms with Crippen molar-refractivity contribution in [3.8, 4) is 0 Å². The van der Waals surface area contributed by atoms with E-state index in [1.54, 1.807) is 16.7 Å².